The lowest BCUT2D eigenvalue weighted by molar-refractivity contribution is -0.135. The minimum Gasteiger partial charge on any atom is -0.341 e. The molecular weight excluding hydrogens is 214 g/mol. The van der Waals surface area contributed by atoms with Gasteiger partial charge in [0, 0.05) is 13.1 Å². The molecule has 0 saturated carbocycles. The van der Waals surface area contributed by atoms with E-state index >= 15 is 0 Å². The van der Waals surface area contributed by atoms with Gasteiger partial charge < -0.3 is 15.5 Å². The number of nitrogens with two attached hydrogens (primary N) is 1. The van der Waals surface area contributed by atoms with Crippen molar-refractivity contribution in [3.05, 3.63) is 0 Å². The zero-order valence-corrected chi connectivity index (χ0v) is 11.6. The largest absolute Gasteiger partial charge is 0.341 e. The van der Waals surface area contributed by atoms with E-state index in [9.17, 15) is 4.79 Å². The summed E-state index contributed by atoms with van der Waals surface area (Å²) in [4.78, 5) is 16.4. The molecule has 1 aliphatic heterocycles. The van der Waals surface area contributed by atoms with Crippen LogP contribution >= 0.6 is 0 Å². The van der Waals surface area contributed by atoms with Crippen LogP contribution in [-0.4, -0.2) is 55.0 Å². The maximum atomic E-state index is 12.2. The van der Waals surface area contributed by atoms with Crippen LogP contribution in [0.4, 0.5) is 0 Å². The Bertz CT molecular complexity index is 249. The van der Waals surface area contributed by atoms with E-state index in [0.717, 1.165) is 32.4 Å². The van der Waals surface area contributed by atoms with Gasteiger partial charge in [0.15, 0.2) is 0 Å². The van der Waals surface area contributed by atoms with Gasteiger partial charge in [0.05, 0.1) is 6.04 Å². The molecule has 1 heterocycles. The highest BCUT2D eigenvalue weighted by molar-refractivity contribution is 5.82. The Hall–Kier alpha value is -0.610. The first-order chi connectivity index (χ1) is 7.97. The predicted octanol–water partition coefficient (Wildman–Crippen LogP) is 0.912. The molecule has 1 rings (SSSR count). The summed E-state index contributed by atoms with van der Waals surface area (Å²) in [7, 11) is 4.03. The second-order valence-electron chi connectivity index (χ2n) is 5.39. The van der Waals surface area contributed by atoms with Gasteiger partial charge in [-0.15, -0.1) is 0 Å². The third-order valence-corrected chi connectivity index (χ3v) is 4.13. The van der Waals surface area contributed by atoms with Gasteiger partial charge in [-0.3, -0.25) is 4.79 Å². The molecule has 1 fully saturated rings. The fraction of sp³-hybridized carbons (Fsp3) is 0.923. The topological polar surface area (TPSA) is 49.6 Å². The van der Waals surface area contributed by atoms with Gasteiger partial charge in [-0.2, -0.15) is 0 Å². The van der Waals surface area contributed by atoms with Crippen LogP contribution in [0.1, 0.15) is 33.1 Å². The smallest absolute Gasteiger partial charge is 0.239 e. The van der Waals surface area contributed by atoms with Crippen molar-refractivity contribution in [3.63, 3.8) is 0 Å². The van der Waals surface area contributed by atoms with E-state index in [4.69, 9.17) is 5.73 Å². The normalized spacial score (nSPS) is 22.2. The molecule has 17 heavy (non-hydrogen) atoms. The summed E-state index contributed by atoms with van der Waals surface area (Å²) in [5.74, 6) is 0.366. The number of likely N-dealkylation sites (tertiary alicyclic amines) is 1. The van der Waals surface area contributed by atoms with Crippen LogP contribution in [0.15, 0.2) is 0 Å². The Kier molecular flexibility index (Phi) is 5.40. The number of hydrogen-bond donors (Lipinski definition) is 1. The number of carbonyl (C=O) groups excluding carboxylic acids is 1. The third-order valence-electron chi connectivity index (χ3n) is 4.13. The lowest BCUT2D eigenvalue weighted by Crippen LogP contribution is -2.51. The SMILES string of the molecule is CCC(C)C(N)C(=O)N(C)C1CCN(C)CC1. The monoisotopic (exact) mass is 241 g/mol. The first-order valence-electron chi connectivity index (χ1n) is 6.68. The van der Waals surface area contributed by atoms with Gasteiger partial charge in [0.2, 0.25) is 5.91 Å². The first kappa shape index (κ1) is 14.5. The van der Waals surface area contributed by atoms with Crippen molar-refractivity contribution in [3.8, 4) is 0 Å². The summed E-state index contributed by atoms with van der Waals surface area (Å²) in [5.41, 5.74) is 6.00. The average molecular weight is 241 g/mol. The second kappa shape index (κ2) is 6.36. The number of carbonyl (C=O) groups is 1. The zero-order chi connectivity index (χ0) is 13.0. The highest BCUT2D eigenvalue weighted by atomic mass is 16.2. The molecular formula is C13H27N3O. The van der Waals surface area contributed by atoms with Gasteiger partial charge in [-0.25, -0.2) is 0 Å². The first-order valence-corrected chi connectivity index (χ1v) is 6.68. The van der Waals surface area contributed by atoms with Crippen LogP contribution in [-0.2, 0) is 4.79 Å². The number of hydrogen-bond acceptors (Lipinski definition) is 3. The van der Waals surface area contributed by atoms with Crippen molar-refractivity contribution < 1.29 is 4.79 Å². The Balaban J connectivity index is 2.51. The van der Waals surface area contributed by atoms with E-state index in [2.05, 4.69) is 18.9 Å². The van der Waals surface area contributed by atoms with Crippen LogP contribution in [0.3, 0.4) is 0 Å². The molecule has 0 spiro atoms. The maximum Gasteiger partial charge on any atom is 0.239 e. The van der Waals surface area contributed by atoms with Crippen molar-refractivity contribution in [1.29, 1.82) is 0 Å². The van der Waals surface area contributed by atoms with Crippen molar-refractivity contribution in [2.75, 3.05) is 27.2 Å². The van der Waals surface area contributed by atoms with E-state index in [1.54, 1.807) is 0 Å². The predicted molar refractivity (Wildman–Crippen MR) is 70.7 cm³/mol. The third kappa shape index (κ3) is 3.68. The minimum absolute atomic E-state index is 0.105. The number of rotatable bonds is 4. The van der Waals surface area contributed by atoms with Gasteiger partial charge in [0.25, 0.3) is 0 Å². The van der Waals surface area contributed by atoms with Gasteiger partial charge in [0.1, 0.15) is 0 Å². The molecule has 2 unspecified atom stereocenters. The highest BCUT2D eigenvalue weighted by Gasteiger charge is 2.28. The number of nitrogens with zero attached hydrogens (tertiary/aromatic N) is 2. The Morgan fingerprint density at radius 1 is 1.47 bits per heavy atom. The van der Waals surface area contributed by atoms with E-state index in [-0.39, 0.29) is 17.9 Å². The summed E-state index contributed by atoms with van der Waals surface area (Å²) in [6, 6.07) is 0.0264. The number of amides is 1. The molecule has 0 radical (unpaired) electrons. The summed E-state index contributed by atoms with van der Waals surface area (Å²) in [5, 5.41) is 0. The minimum atomic E-state index is -0.343. The molecule has 0 aromatic heterocycles. The molecule has 2 atom stereocenters. The van der Waals surface area contributed by atoms with E-state index < -0.39 is 0 Å². The molecule has 4 nitrogen and oxygen atoms in total. The molecule has 1 saturated heterocycles. The summed E-state index contributed by atoms with van der Waals surface area (Å²) >= 11 is 0. The van der Waals surface area contributed by atoms with E-state index in [0.29, 0.717) is 6.04 Å². The number of likely N-dealkylation sites (N-methyl/N-ethyl adjacent to an activating group) is 1. The molecule has 0 aromatic carbocycles. The summed E-state index contributed by atoms with van der Waals surface area (Å²) in [6.07, 6.45) is 3.08. The Morgan fingerprint density at radius 2 is 2.00 bits per heavy atom. The Morgan fingerprint density at radius 3 is 2.47 bits per heavy atom. The standard InChI is InChI=1S/C13H27N3O/c1-5-10(2)12(14)13(17)16(4)11-6-8-15(3)9-7-11/h10-12H,5-9,14H2,1-4H3. The van der Waals surface area contributed by atoms with Crippen molar-refractivity contribution >= 4 is 5.91 Å². The molecule has 1 amide bonds. The molecule has 1 aliphatic rings. The fourth-order valence-electron chi connectivity index (χ4n) is 2.29. The van der Waals surface area contributed by atoms with E-state index in [1.165, 1.54) is 0 Å². The van der Waals surface area contributed by atoms with Crippen LogP contribution < -0.4 is 5.73 Å². The summed E-state index contributed by atoms with van der Waals surface area (Å²) < 4.78 is 0. The molecule has 4 heteroatoms. The van der Waals surface area contributed by atoms with Crippen molar-refractivity contribution in [2.45, 2.75) is 45.2 Å². The van der Waals surface area contributed by atoms with Crippen molar-refractivity contribution in [1.82, 2.24) is 9.80 Å². The van der Waals surface area contributed by atoms with E-state index in [1.807, 2.05) is 18.9 Å². The lowest BCUT2D eigenvalue weighted by atomic mass is 9.97. The van der Waals surface area contributed by atoms with Crippen LogP contribution in [0.2, 0.25) is 0 Å². The Labute approximate surface area is 105 Å². The van der Waals surface area contributed by atoms with Crippen LogP contribution in [0, 0.1) is 5.92 Å². The van der Waals surface area contributed by atoms with Crippen LogP contribution in [0.25, 0.3) is 0 Å². The molecule has 2 N–H and O–H groups in total. The molecule has 100 valence electrons. The lowest BCUT2D eigenvalue weighted by Gasteiger charge is -2.36. The molecule has 0 aliphatic carbocycles. The molecule has 0 aromatic rings. The van der Waals surface area contributed by atoms with Crippen LogP contribution in [0.5, 0.6) is 0 Å². The average Bonchev–Trinajstić information content (AvgIpc) is 2.36. The fourth-order valence-corrected chi connectivity index (χ4v) is 2.29. The molecule has 0 bridgehead atoms. The zero-order valence-electron chi connectivity index (χ0n) is 11.6. The van der Waals surface area contributed by atoms with Crippen molar-refractivity contribution in [2.24, 2.45) is 11.7 Å². The second-order valence-corrected chi connectivity index (χ2v) is 5.39. The highest BCUT2D eigenvalue weighted by Crippen LogP contribution is 2.16. The van der Waals surface area contributed by atoms with Gasteiger partial charge in [-0.1, -0.05) is 20.3 Å². The summed E-state index contributed by atoms with van der Waals surface area (Å²) in [6.45, 7) is 6.26. The van der Waals surface area contributed by atoms with Gasteiger partial charge >= 0.3 is 0 Å². The quantitative estimate of drug-likeness (QED) is 0.796. The van der Waals surface area contributed by atoms with Gasteiger partial charge in [-0.05, 0) is 38.9 Å². The maximum absolute atomic E-state index is 12.2. The number of piperidine rings is 1.